The van der Waals surface area contributed by atoms with Crippen molar-refractivity contribution in [1.29, 1.82) is 0 Å². The largest absolute Gasteiger partial charge is 0.381 e. The maximum atomic E-state index is 12.4. The molecule has 1 saturated heterocycles. The molecule has 0 N–H and O–H groups in total. The molecule has 0 aromatic heterocycles. The second-order valence-electron chi connectivity index (χ2n) is 6.54. The Morgan fingerprint density at radius 1 is 1.29 bits per heavy atom. The molecule has 1 aromatic carbocycles. The Bertz CT molecular complexity index is 506. The van der Waals surface area contributed by atoms with Crippen LogP contribution in [0.5, 0.6) is 0 Å². The lowest BCUT2D eigenvalue weighted by atomic mass is 10.0. The number of likely N-dealkylation sites (N-methyl/N-ethyl adjacent to an activating group) is 1. The molecule has 2 aliphatic rings. The summed E-state index contributed by atoms with van der Waals surface area (Å²) < 4.78 is 5.51. The molecule has 1 unspecified atom stereocenters. The molecule has 3 nitrogen and oxygen atoms in total. The number of fused-ring (bicyclic) bond motifs is 1. The van der Waals surface area contributed by atoms with Crippen molar-refractivity contribution < 1.29 is 9.53 Å². The first-order valence-electron chi connectivity index (χ1n) is 8.13. The van der Waals surface area contributed by atoms with E-state index in [9.17, 15) is 4.79 Å². The van der Waals surface area contributed by atoms with Crippen LogP contribution in [-0.4, -0.2) is 44.0 Å². The summed E-state index contributed by atoms with van der Waals surface area (Å²) in [5, 5.41) is 0. The normalized spacial score (nSPS) is 21.5. The fourth-order valence-corrected chi connectivity index (χ4v) is 3.54. The van der Waals surface area contributed by atoms with E-state index in [1.165, 1.54) is 30.4 Å². The van der Waals surface area contributed by atoms with E-state index in [-0.39, 0.29) is 5.78 Å². The van der Waals surface area contributed by atoms with Crippen LogP contribution in [0.15, 0.2) is 18.2 Å². The Labute approximate surface area is 127 Å². The first-order chi connectivity index (χ1) is 10.2. The number of ketones is 1. The van der Waals surface area contributed by atoms with Crippen molar-refractivity contribution in [2.24, 2.45) is 5.92 Å². The van der Waals surface area contributed by atoms with Crippen LogP contribution < -0.4 is 0 Å². The second kappa shape index (κ2) is 6.71. The molecule has 1 aromatic rings. The predicted octanol–water partition coefficient (Wildman–Crippen LogP) is 2.72. The minimum absolute atomic E-state index is 0.240. The van der Waals surface area contributed by atoms with Crippen molar-refractivity contribution in [2.45, 2.75) is 32.1 Å². The number of Topliss-reactive ketones (excluding diaryl/α,β-unsaturated/α-hetero) is 1. The number of carbonyl (C=O) groups excluding carboxylic acids is 1. The fourth-order valence-electron chi connectivity index (χ4n) is 3.54. The van der Waals surface area contributed by atoms with Crippen LogP contribution in [0.25, 0.3) is 0 Å². The highest BCUT2D eigenvalue weighted by Gasteiger charge is 2.19. The number of carbonyl (C=O) groups is 1. The van der Waals surface area contributed by atoms with Crippen molar-refractivity contribution in [3.63, 3.8) is 0 Å². The van der Waals surface area contributed by atoms with Crippen LogP contribution in [-0.2, 0) is 17.6 Å². The van der Waals surface area contributed by atoms with Gasteiger partial charge in [-0.3, -0.25) is 9.69 Å². The zero-order valence-electron chi connectivity index (χ0n) is 12.9. The van der Waals surface area contributed by atoms with Gasteiger partial charge in [-0.15, -0.1) is 0 Å². The van der Waals surface area contributed by atoms with Gasteiger partial charge in [0.15, 0.2) is 5.78 Å². The molecule has 0 amide bonds. The molecule has 0 spiro atoms. The van der Waals surface area contributed by atoms with Gasteiger partial charge in [0.2, 0.25) is 0 Å². The van der Waals surface area contributed by atoms with Crippen LogP contribution in [0.2, 0.25) is 0 Å². The van der Waals surface area contributed by atoms with E-state index >= 15 is 0 Å². The maximum Gasteiger partial charge on any atom is 0.176 e. The molecular formula is C18H25NO2. The standard InChI is InChI=1S/C18H25NO2/c1-19(11-14-4-3-9-21-13-14)12-18(20)17-8-7-15-5-2-6-16(15)10-17/h7-8,10,14H,2-6,9,11-13H2,1H3. The third-order valence-electron chi connectivity index (χ3n) is 4.66. The van der Waals surface area contributed by atoms with Crippen molar-refractivity contribution >= 4 is 5.78 Å². The number of ether oxygens (including phenoxy) is 1. The second-order valence-corrected chi connectivity index (χ2v) is 6.54. The van der Waals surface area contributed by atoms with E-state index in [1.54, 1.807) is 0 Å². The molecule has 1 fully saturated rings. The summed E-state index contributed by atoms with van der Waals surface area (Å²) in [5.41, 5.74) is 3.69. The summed E-state index contributed by atoms with van der Waals surface area (Å²) in [5.74, 6) is 0.820. The highest BCUT2D eigenvalue weighted by Crippen LogP contribution is 2.23. The molecule has 0 bridgehead atoms. The highest BCUT2D eigenvalue weighted by atomic mass is 16.5. The number of rotatable bonds is 5. The van der Waals surface area contributed by atoms with Crippen LogP contribution >= 0.6 is 0 Å². The fraction of sp³-hybridized carbons (Fsp3) is 0.611. The van der Waals surface area contributed by atoms with E-state index in [1.807, 2.05) is 13.1 Å². The van der Waals surface area contributed by atoms with Gasteiger partial charge in [-0.25, -0.2) is 0 Å². The van der Waals surface area contributed by atoms with Crippen molar-refractivity contribution in [1.82, 2.24) is 4.90 Å². The minimum Gasteiger partial charge on any atom is -0.381 e. The van der Waals surface area contributed by atoms with Crippen LogP contribution in [0.3, 0.4) is 0 Å². The number of aryl methyl sites for hydroxylation is 2. The molecule has 3 heteroatoms. The van der Waals surface area contributed by atoms with Gasteiger partial charge in [0.1, 0.15) is 0 Å². The molecule has 3 rings (SSSR count). The Hall–Kier alpha value is -1.19. The number of nitrogens with zero attached hydrogens (tertiary/aromatic N) is 1. The Morgan fingerprint density at radius 3 is 2.95 bits per heavy atom. The summed E-state index contributed by atoms with van der Waals surface area (Å²) in [7, 11) is 2.04. The summed E-state index contributed by atoms with van der Waals surface area (Å²) >= 11 is 0. The smallest absolute Gasteiger partial charge is 0.176 e. The number of hydrogen-bond acceptors (Lipinski definition) is 3. The highest BCUT2D eigenvalue weighted by molar-refractivity contribution is 5.97. The molecule has 21 heavy (non-hydrogen) atoms. The quantitative estimate of drug-likeness (QED) is 0.780. The zero-order chi connectivity index (χ0) is 14.7. The molecule has 0 radical (unpaired) electrons. The minimum atomic E-state index is 0.240. The average Bonchev–Trinajstić information content (AvgIpc) is 2.95. The molecule has 1 aliphatic heterocycles. The monoisotopic (exact) mass is 287 g/mol. The summed E-state index contributed by atoms with van der Waals surface area (Å²) in [4.78, 5) is 14.6. The van der Waals surface area contributed by atoms with E-state index in [2.05, 4.69) is 17.0 Å². The summed E-state index contributed by atoms with van der Waals surface area (Å²) in [6.07, 6.45) is 5.90. The van der Waals surface area contributed by atoms with E-state index < -0.39 is 0 Å². The lowest BCUT2D eigenvalue weighted by Gasteiger charge is -2.26. The van der Waals surface area contributed by atoms with Crippen molar-refractivity contribution in [3.05, 3.63) is 34.9 Å². The van der Waals surface area contributed by atoms with Crippen LogP contribution in [0.4, 0.5) is 0 Å². The van der Waals surface area contributed by atoms with Crippen molar-refractivity contribution in [3.8, 4) is 0 Å². The zero-order valence-corrected chi connectivity index (χ0v) is 12.9. The van der Waals surface area contributed by atoms with Gasteiger partial charge in [0.05, 0.1) is 13.2 Å². The summed E-state index contributed by atoms with van der Waals surface area (Å²) in [6.45, 7) is 3.21. The van der Waals surface area contributed by atoms with E-state index in [0.717, 1.165) is 38.2 Å². The van der Waals surface area contributed by atoms with Gasteiger partial charge in [-0.1, -0.05) is 12.1 Å². The Kier molecular flexibility index (Phi) is 4.71. The van der Waals surface area contributed by atoms with Gasteiger partial charge in [-0.05, 0) is 62.3 Å². The van der Waals surface area contributed by atoms with E-state index in [0.29, 0.717) is 12.5 Å². The molecule has 1 atom stereocenters. The SMILES string of the molecule is CN(CC(=O)c1ccc2c(c1)CCC2)CC1CCCOC1. The van der Waals surface area contributed by atoms with Crippen molar-refractivity contribution in [2.75, 3.05) is 33.4 Å². The molecule has 1 aliphatic carbocycles. The predicted molar refractivity (Wildman–Crippen MR) is 83.8 cm³/mol. The molecule has 0 saturated carbocycles. The van der Waals surface area contributed by atoms with Gasteiger partial charge in [0.25, 0.3) is 0 Å². The van der Waals surface area contributed by atoms with Gasteiger partial charge < -0.3 is 4.74 Å². The Morgan fingerprint density at radius 2 is 2.14 bits per heavy atom. The van der Waals surface area contributed by atoms with Gasteiger partial charge >= 0.3 is 0 Å². The summed E-state index contributed by atoms with van der Waals surface area (Å²) in [6, 6.07) is 6.26. The van der Waals surface area contributed by atoms with Gasteiger partial charge in [-0.2, -0.15) is 0 Å². The Balaban J connectivity index is 1.55. The third-order valence-corrected chi connectivity index (χ3v) is 4.66. The third kappa shape index (κ3) is 3.72. The maximum absolute atomic E-state index is 12.4. The lowest BCUT2D eigenvalue weighted by molar-refractivity contribution is 0.0416. The first kappa shape index (κ1) is 14.7. The topological polar surface area (TPSA) is 29.5 Å². The number of benzene rings is 1. The first-order valence-corrected chi connectivity index (χ1v) is 8.13. The van der Waals surface area contributed by atoms with E-state index in [4.69, 9.17) is 4.74 Å². The molecule has 1 heterocycles. The molecule has 114 valence electrons. The van der Waals surface area contributed by atoms with Crippen LogP contribution in [0.1, 0.15) is 40.7 Å². The van der Waals surface area contributed by atoms with Crippen LogP contribution in [0, 0.1) is 5.92 Å². The molecular weight excluding hydrogens is 262 g/mol. The average molecular weight is 287 g/mol. The van der Waals surface area contributed by atoms with Gasteiger partial charge in [0, 0.05) is 18.7 Å². The number of hydrogen-bond donors (Lipinski definition) is 0. The lowest BCUT2D eigenvalue weighted by Crippen LogP contribution is -2.34.